The third kappa shape index (κ3) is 5.81. The van der Waals surface area contributed by atoms with Gasteiger partial charge in [-0.2, -0.15) is 4.98 Å². The number of amides is 1. The fourth-order valence-corrected chi connectivity index (χ4v) is 3.44. The fourth-order valence-electron chi connectivity index (χ4n) is 3.44. The van der Waals surface area contributed by atoms with E-state index in [0.717, 1.165) is 45.7 Å². The van der Waals surface area contributed by atoms with Crippen LogP contribution in [0, 0.1) is 12.8 Å². The lowest BCUT2D eigenvalue weighted by Gasteiger charge is -2.37. The average molecular weight is 394 g/mol. The maximum atomic E-state index is 12.4. The van der Waals surface area contributed by atoms with Gasteiger partial charge in [-0.15, -0.1) is 24.8 Å². The van der Waals surface area contributed by atoms with Crippen LogP contribution in [0.1, 0.15) is 43.9 Å². The Kier molecular flexibility index (Phi) is 9.13. The van der Waals surface area contributed by atoms with Crippen molar-refractivity contribution in [1.29, 1.82) is 0 Å². The van der Waals surface area contributed by atoms with Crippen molar-refractivity contribution in [1.82, 2.24) is 25.3 Å². The molecule has 2 aliphatic heterocycles. The molecule has 1 aromatic rings. The lowest BCUT2D eigenvalue weighted by atomic mass is 10.0. The molecule has 1 amide bonds. The lowest BCUT2D eigenvalue weighted by Crippen LogP contribution is -2.49. The van der Waals surface area contributed by atoms with E-state index in [4.69, 9.17) is 4.52 Å². The minimum atomic E-state index is 0. The van der Waals surface area contributed by atoms with Crippen LogP contribution in [0.5, 0.6) is 0 Å². The van der Waals surface area contributed by atoms with Crippen molar-refractivity contribution >= 4 is 30.7 Å². The maximum absolute atomic E-state index is 12.4. The van der Waals surface area contributed by atoms with Crippen LogP contribution in [0.25, 0.3) is 0 Å². The topological polar surface area (TPSA) is 74.5 Å². The Hall–Kier alpha value is -0.890. The summed E-state index contributed by atoms with van der Waals surface area (Å²) in [5.41, 5.74) is 0. The summed E-state index contributed by atoms with van der Waals surface area (Å²) < 4.78 is 5.26. The summed E-state index contributed by atoms with van der Waals surface area (Å²) in [6, 6.07) is 0.109. The second-order valence-corrected chi connectivity index (χ2v) is 6.67. The molecule has 1 N–H and O–H groups in total. The monoisotopic (exact) mass is 393 g/mol. The van der Waals surface area contributed by atoms with Crippen LogP contribution in [0.2, 0.25) is 0 Å². The van der Waals surface area contributed by atoms with Crippen LogP contribution < -0.4 is 5.32 Å². The second-order valence-electron chi connectivity index (χ2n) is 6.67. The van der Waals surface area contributed by atoms with Crippen LogP contribution in [0.15, 0.2) is 4.52 Å². The third-order valence-electron chi connectivity index (χ3n) is 5.04. The van der Waals surface area contributed by atoms with Gasteiger partial charge in [0.15, 0.2) is 5.82 Å². The first-order valence-electron chi connectivity index (χ1n) is 8.66. The Balaban J connectivity index is 0.00000156. The van der Waals surface area contributed by atoms with Crippen molar-refractivity contribution in [2.24, 2.45) is 5.92 Å². The first kappa shape index (κ1) is 22.2. The SMILES string of the molecule is Cc1noc(C(C)N2CCN(C(=O)CCC3CCNC3)CC2)n1.Cl.Cl. The molecule has 0 aromatic carbocycles. The van der Waals surface area contributed by atoms with E-state index in [1.54, 1.807) is 0 Å². The van der Waals surface area contributed by atoms with E-state index in [0.29, 0.717) is 30.0 Å². The summed E-state index contributed by atoms with van der Waals surface area (Å²) in [5.74, 6) is 2.32. The summed E-state index contributed by atoms with van der Waals surface area (Å²) in [6.45, 7) is 9.39. The van der Waals surface area contributed by atoms with Gasteiger partial charge < -0.3 is 14.7 Å². The average Bonchev–Trinajstić information content (AvgIpc) is 3.23. The highest BCUT2D eigenvalue weighted by atomic mass is 35.5. The molecular weight excluding hydrogens is 365 g/mol. The molecule has 9 heteroatoms. The van der Waals surface area contributed by atoms with Gasteiger partial charge in [-0.3, -0.25) is 9.69 Å². The Bertz CT molecular complexity index is 528. The molecule has 0 bridgehead atoms. The van der Waals surface area contributed by atoms with Gasteiger partial charge in [0.05, 0.1) is 6.04 Å². The zero-order chi connectivity index (χ0) is 16.2. The molecule has 2 atom stereocenters. The van der Waals surface area contributed by atoms with Gasteiger partial charge in [0.25, 0.3) is 0 Å². The van der Waals surface area contributed by atoms with Crippen molar-refractivity contribution in [2.45, 2.75) is 39.2 Å². The van der Waals surface area contributed by atoms with Crippen LogP contribution in [-0.2, 0) is 4.79 Å². The normalized spacial score (nSPS) is 22.2. The molecule has 25 heavy (non-hydrogen) atoms. The van der Waals surface area contributed by atoms with E-state index < -0.39 is 0 Å². The quantitative estimate of drug-likeness (QED) is 0.821. The molecule has 7 nitrogen and oxygen atoms in total. The summed E-state index contributed by atoms with van der Waals surface area (Å²) in [4.78, 5) is 21.0. The molecule has 0 radical (unpaired) electrons. The molecule has 2 fully saturated rings. The molecule has 2 aliphatic rings. The number of carbonyl (C=O) groups is 1. The Morgan fingerprint density at radius 1 is 1.32 bits per heavy atom. The van der Waals surface area contributed by atoms with Gasteiger partial charge in [0, 0.05) is 32.6 Å². The molecule has 2 saturated heterocycles. The van der Waals surface area contributed by atoms with Crippen LogP contribution in [-0.4, -0.2) is 65.1 Å². The van der Waals surface area contributed by atoms with Crippen molar-refractivity contribution < 1.29 is 9.32 Å². The zero-order valence-corrected chi connectivity index (χ0v) is 16.6. The van der Waals surface area contributed by atoms with Crippen molar-refractivity contribution in [2.75, 3.05) is 39.3 Å². The van der Waals surface area contributed by atoms with E-state index in [2.05, 4.69) is 27.3 Å². The number of aromatic nitrogens is 2. The molecule has 0 saturated carbocycles. The van der Waals surface area contributed by atoms with Crippen molar-refractivity contribution in [3.8, 4) is 0 Å². The van der Waals surface area contributed by atoms with E-state index in [9.17, 15) is 4.79 Å². The number of rotatable bonds is 5. The smallest absolute Gasteiger partial charge is 0.243 e. The molecule has 3 rings (SSSR count). The highest BCUT2D eigenvalue weighted by molar-refractivity contribution is 5.85. The number of nitrogens with zero attached hydrogens (tertiary/aromatic N) is 4. The lowest BCUT2D eigenvalue weighted by molar-refractivity contribution is -0.133. The van der Waals surface area contributed by atoms with Gasteiger partial charge in [0.2, 0.25) is 11.8 Å². The molecule has 3 heterocycles. The van der Waals surface area contributed by atoms with Crippen LogP contribution in [0.4, 0.5) is 0 Å². The zero-order valence-electron chi connectivity index (χ0n) is 14.9. The molecule has 144 valence electrons. The van der Waals surface area contributed by atoms with Crippen molar-refractivity contribution in [3.05, 3.63) is 11.7 Å². The highest BCUT2D eigenvalue weighted by Gasteiger charge is 2.27. The van der Waals surface area contributed by atoms with Gasteiger partial charge in [-0.25, -0.2) is 0 Å². The number of hydrogen-bond acceptors (Lipinski definition) is 6. The van der Waals surface area contributed by atoms with Crippen molar-refractivity contribution in [3.63, 3.8) is 0 Å². The van der Waals surface area contributed by atoms with E-state index in [1.165, 1.54) is 6.42 Å². The number of aryl methyl sites for hydroxylation is 1. The standard InChI is InChI=1S/C16H27N5O2.2ClH/c1-12(16-18-13(2)19-23-16)20-7-9-21(10-8-20)15(22)4-3-14-5-6-17-11-14;;/h12,14,17H,3-11H2,1-2H3;2*1H. The first-order chi connectivity index (χ1) is 11.1. The fraction of sp³-hybridized carbons (Fsp3) is 0.812. The number of piperazine rings is 1. The Morgan fingerprint density at radius 2 is 2.04 bits per heavy atom. The van der Waals surface area contributed by atoms with E-state index >= 15 is 0 Å². The largest absolute Gasteiger partial charge is 0.340 e. The minimum absolute atomic E-state index is 0. The number of nitrogens with one attached hydrogen (secondary N) is 1. The van der Waals surface area contributed by atoms with E-state index in [-0.39, 0.29) is 30.9 Å². The number of carbonyl (C=O) groups excluding carboxylic acids is 1. The molecule has 0 spiro atoms. The summed E-state index contributed by atoms with van der Waals surface area (Å²) in [5, 5.41) is 7.21. The first-order valence-corrected chi connectivity index (χ1v) is 8.66. The predicted molar refractivity (Wildman–Crippen MR) is 100 cm³/mol. The summed E-state index contributed by atoms with van der Waals surface area (Å²) in [6.07, 6.45) is 2.91. The summed E-state index contributed by atoms with van der Waals surface area (Å²) in [7, 11) is 0. The van der Waals surface area contributed by atoms with Crippen LogP contribution >= 0.6 is 24.8 Å². The van der Waals surface area contributed by atoms with Gasteiger partial charge in [0.1, 0.15) is 0 Å². The third-order valence-corrected chi connectivity index (χ3v) is 5.04. The minimum Gasteiger partial charge on any atom is -0.340 e. The molecule has 1 aromatic heterocycles. The molecule has 0 aliphatic carbocycles. The highest BCUT2D eigenvalue weighted by Crippen LogP contribution is 2.21. The van der Waals surface area contributed by atoms with Crippen LogP contribution in [0.3, 0.4) is 0 Å². The molecule has 2 unspecified atom stereocenters. The predicted octanol–water partition coefficient (Wildman–Crippen LogP) is 1.82. The van der Waals surface area contributed by atoms with Gasteiger partial charge in [-0.05, 0) is 45.7 Å². The second kappa shape index (κ2) is 10.3. The molecular formula is C16H29Cl2N5O2. The van der Waals surface area contributed by atoms with Gasteiger partial charge >= 0.3 is 0 Å². The summed E-state index contributed by atoms with van der Waals surface area (Å²) >= 11 is 0. The van der Waals surface area contributed by atoms with Gasteiger partial charge in [-0.1, -0.05) is 5.16 Å². The number of halogens is 2. The Morgan fingerprint density at radius 3 is 2.60 bits per heavy atom. The van der Waals surface area contributed by atoms with E-state index in [1.807, 2.05) is 11.8 Å². The number of hydrogen-bond donors (Lipinski definition) is 1. The Labute approximate surface area is 161 Å². The maximum Gasteiger partial charge on any atom is 0.243 e.